The summed E-state index contributed by atoms with van der Waals surface area (Å²) >= 11 is 0. The molecule has 0 aliphatic heterocycles. The normalized spacial score (nSPS) is 14.4. The third kappa shape index (κ3) is 3.82. The molecule has 1 amide bonds. The number of carbonyl (C=O) groups excluding carboxylic acids is 1. The van der Waals surface area contributed by atoms with E-state index < -0.39 is 0 Å². The number of nitrogens with zero attached hydrogens (tertiary/aromatic N) is 1. The molecule has 0 bridgehead atoms. The molecule has 1 N–H and O–H groups in total. The summed E-state index contributed by atoms with van der Waals surface area (Å²) < 4.78 is 18.9. The first-order valence-corrected chi connectivity index (χ1v) is 8.88. The van der Waals surface area contributed by atoms with Crippen LogP contribution in [0.3, 0.4) is 0 Å². The molecule has 0 unspecified atom stereocenters. The lowest BCUT2D eigenvalue weighted by molar-refractivity contribution is 0.0946. The van der Waals surface area contributed by atoms with Crippen LogP contribution in [0.5, 0.6) is 11.6 Å². The van der Waals surface area contributed by atoms with Gasteiger partial charge in [-0.2, -0.15) is 0 Å². The molecule has 1 aromatic heterocycles. The van der Waals surface area contributed by atoms with Crippen LogP contribution in [-0.4, -0.2) is 17.4 Å². The van der Waals surface area contributed by atoms with Crippen LogP contribution in [0, 0.1) is 5.82 Å². The van der Waals surface area contributed by atoms with Crippen molar-refractivity contribution in [2.45, 2.75) is 18.3 Å². The van der Waals surface area contributed by atoms with Crippen LogP contribution >= 0.6 is 0 Å². The van der Waals surface area contributed by atoms with E-state index in [0.29, 0.717) is 17.9 Å². The zero-order valence-electron chi connectivity index (χ0n) is 14.7. The van der Waals surface area contributed by atoms with Crippen LogP contribution in [-0.2, 0) is 5.41 Å². The minimum Gasteiger partial charge on any atom is -0.438 e. The van der Waals surface area contributed by atoms with Gasteiger partial charge in [0.1, 0.15) is 17.1 Å². The second-order valence-corrected chi connectivity index (χ2v) is 6.74. The number of benzene rings is 2. The summed E-state index contributed by atoms with van der Waals surface area (Å²) in [5.41, 5.74) is 1.33. The second kappa shape index (κ2) is 7.19. The summed E-state index contributed by atoms with van der Waals surface area (Å²) in [6.45, 7) is 0.497. The maximum Gasteiger partial charge on any atom is 0.256 e. The lowest BCUT2D eigenvalue weighted by Crippen LogP contribution is -2.32. The van der Waals surface area contributed by atoms with Gasteiger partial charge in [0, 0.05) is 18.2 Å². The molecule has 0 saturated heterocycles. The Labute approximate surface area is 157 Å². The van der Waals surface area contributed by atoms with E-state index in [0.717, 1.165) is 18.4 Å². The van der Waals surface area contributed by atoms with Crippen molar-refractivity contribution < 1.29 is 13.9 Å². The summed E-state index contributed by atoms with van der Waals surface area (Å²) in [6.07, 6.45) is 3.54. The van der Waals surface area contributed by atoms with Crippen LogP contribution in [0.25, 0.3) is 0 Å². The minimum atomic E-state index is -0.253. The average molecular weight is 362 g/mol. The lowest BCUT2D eigenvalue weighted by atomic mass is 9.96. The van der Waals surface area contributed by atoms with Crippen molar-refractivity contribution in [3.8, 4) is 11.6 Å². The molecular weight excluding hydrogens is 343 g/mol. The number of para-hydroxylation sites is 1. The maximum absolute atomic E-state index is 13.2. The smallest absolute Gasteiger partial charge is 0.256 e. The molecular formula is C22H19FN2O2. The van der Waals surface area contributed by atoms with Gasteiger partial charge < -0.3 is 10.1 Å². The number of ether oxygens (including phenoxy) is 1. The first kappa shape index (κ1) is 17.2. The van der Waals surface area contributed by atoms with Crippen molar-refractivity contribution in [3.63, 3.8) is 0 Å². The molecule has 5 heteroatoms. The summed E-state index contributed by atoms with van der Waals surface area (Å²) in [4.78, 5) is 16.9. The largest absolute Gasteiger partial charge is 0.438 e. The highest BCUT2D eigenvalue weighted by Crippen LogP contribution is 2.47. The Kier molecular flexibility index (Phi) is 4.59. The predicted octanol–water partition coefficient (Wildman–Crippen LogP) is 4.47. The van der Waals surface area contributed by atoms with Crippen LogP contribution in [0.1, 0.15) is 28.8 Å². The van der Waals surface area contributed by atoms with E-state index in [9.17, 15) is 9.18 Å². The van der Waals surface area contributed by atoms with Gasteiger partial charge in [0.2, 0.25) is 5.88 Å². The molecule has 1 aliphatic carbocycles. The first-order valence-electron chi connectivity index (χ1n) is 8.88. The minimum absolute atomic E-state index is 0.105. The molecule has 4 nitrogen and oxygen atoms in total. The van der Waals surface area contributed by atoms with Crippen LogP contribution in [0.2, 0.25) is 0 Å². The molecule has 2 aromatic carbocycles. The number of nitrogens with one attached hydrogen (secondary N) is 1. The first-order chi connectivity index (χ1) is 13.2. The fourth-order valence-corrected chi connectivity index (χ4v) is 3.11. The maximum atomic E-state index is 13.2. The Morgan fingerprint density at radius 1 is 1.04 bits per heavy atom. The lowest BCUT2D eigenvalue weighted by Gasteiger charge is -2.17. The molecule has 1 saturated carbocycles. The van der Waals surface area contributed by atoms with Gasteiger partial charge in [-0.05, 0) is 54.8 Å². The molecule has 0 radical (unpaired) electrons. The van der Waals surface area contributed by atoms with Gasteiger partial charge in [0.15, 0.2) is 0 Å². The Hall–Kier alpha value is -3.21. The number of aromatic nitrogens is 1. The van der Waals surface area contributed by atoms with E-state index in [2.05, 4.69) is 10.3 Å². The highest BCUT2D eigenvalue weighted by molar-refractivity contribution is 5.96. The Morgan fingerprint density at radius 3 is 2.48 bits per heavy atom. The van der Waals surface area contributed by atoms with Crippen molar-refractivity contribution in [3.05, 3.63) is 89.9 Å². The van der Waals surface area contributed by atoms with Crippen molar-refractivity contribution >= 4 is 5.91 Å². The number of hydrogen-bond acceptors (Lipinski definition) is 3. The molecule has 0 spiro atoms. The number of pyridine rings is 1. The van der Waals surface area contributed by atoms with Crippen molar-refractivity contribution in [1.82, 2.24) is 10.3 Å². The van der Waals surface area contributed by atoms with Crippen molar-refractivity contribution in [2.24, 2.45) is 0 Å². The van der Waals surface area contributed by atoms with Crippen molar-refractivity contribution in [2.75, 3.05) is 6.54 Å². The van der Waals surface area contributed by atoms with Gasteiger partial charge in [-0.1, -0.05) is 30.3 Å². The van der Waals surface area contributed by atoms with Crippen LogP contribution in [0.15, 0.2) is 72.9 Å². The van der Waals surface area contributed by atoms with E-state index >= 15 is 0 Å². The second-order valence-electron chi connectivity index (χ2n) is 6.74. The van der Waals surface area contributed by atoms with Gasteiger partial charge in [0.05, 0.1) is 0 Å². The van der Waals surface area contributed by atoms with E-state index in [4.69, 9.17) is 4.74 Å². The number of halogens is 1. The molecule has 1 fully saturated rings. The number of hydrogen-bond donors (Lipinski definition) is 1. The topological polar surface area (TPSA) is 51.2 Å². The summed E-state index contributed by atoms with van der Waals surface area (Å²) in [5, 5.41) is 2.99. The van der Waals surface area contributed by atoms with E-state index in [1.165, 1.54) is 12.1 Å². The monoisotopic (exact) mass is 362 g/mol. The quantitative estimate of drug-likeness (QED) is 0.704. The van der Waals surface area contributed by atoms with Gasteiger partial charge in [0.25, 0.3) is 5.91 Å². The molecule has 1 aliphatic rings. The SMILES string of the molecule is O=C(NCC1(c2ccc(F)cc2)CC1)c1cccnc1Oc1ccccc1. The Bertz CT molecular complexity index is 938. The summed E-state index contributed by atoms with van der Waals surface area (Å²) in [5.74, 6) is 0.405. The summed E-state index contributed by atoms with van der Waals surface area (Å²) in [6, 6.07) is 19.1. The van der Waals surface area contributed by atoms with E-state index in [1.54, 1.807) is 30.5 Å². The number of amides is 1. The average Bonchev–Trinajstić information content (AvgIpc) is 3.49. The standard InChI is InChI=1S/C22H19FN2O2/c23-17-10-8-16(9-11-17)22(12-13-22)15-25-20(26)19-7-4-14-24-21(19)27-18-5-2-1-3-6-18/h1-11,14H,12-13,15H2,(H,25,26). The fourth-order valence-electron chi connectivity index (χ4n) is 3.11. The van der Waals surface area contributed by atoms with Gasteiger partial charge in [-0.3, -0.25) is 4.79 Å². The molecule has 3 aromatic rings. The zero-order chi connectivity index (χ0) is 18.7. The van der Waals surface area contributed by atoms with E-state index in [1.807, 2.05) is 30.3 Å². The zero-order valence-corrected chi connectivity index (χ0v) is 14.7. The fraction of sp³-hybridized carbons (Fsp3) is 0.182. The van der Waals surface area contributed by atoms with Crippen LogP contribution in [0.4, 0.5) is 4.39 Å². The molecule has 1 heterocycles. The van der Waals surface area contributed by atoms with Gasteiger partial charge in [-0.25, -0.2) is 9.37 Å². The van der Waals surface area contributed by atoms with Gasteiger partial charge >= 0.3 is 0 Å². The number of carbonyl (C=O) groups is 1. The third-order valence-electron chi connectivity index (χ3n) is 4.87. The third-order valence-corrected chi connectivity index (χ3v) is 4.87. The van der Waals surface area contributed by atoms with Crippen LogP contribution < -0.4 is 10.1 Å². The molecule has 4 rings (SSSR count). The molecule has 136 valence electrons. The Balaban J connectivity index is 1.47. The molecule has 27 heavy (non-hydrogen) atoms. The highest BCUT2D eigenvalue weighted by Gasteiger charge is 2.44. The number of rotatable bonds is 6. The molecule has 0 atom stereocenters. The summed E-state index contributed by atoms with van der Waals surface area (Å²) in [7, 11) is 0. The van der Waals surface area contributed by atoms with Crippen molar-refractivity contribution in [1.29, 1.82) is 0 Å². The van der Waals surface area contributed by atoms with Gasteiger partial charge in [-0.15, -0.1) is 0 Å². The Morgan fingerprint density at radius 2 is 1.78 bits per heavy atom. The predicted molar refractivity (Wildman–Crippen MR) is 100 cm³/mol. The highest BCUT2D eigenvalue weighted by atomic mass is 19.1. The van der Waals surface area contributed by atoms with E-state index in [-0.39, 0.29) is 23.0 Å².